The average Bonchev–Trinajstić information content (AvgIpc) is 3.21. The highest BCUT2D eigenvalue weighted by Crippen LogP contribution is 2.46. The predicted molar refractivity (Wildman–Crippen MR) is 74.9 cm³/mol. The minimum atomic E-state index is -0.774. The van der Waals surface area contributed by atoms with Crippen molar-refractivity contribution in [2.24, 2.45) is 5.41 Å². The van der Waals surface area contributed by atoms with Crippen molar-refractivity contribution in [1.82, 2.24) is 9.88 Å². The Kier molecular flexibility index (Phi) is 2.56. The maximum atomic E-state index is 11.0. The van der Waals surface area contributed by atoms with E-state index in [4.69, 9.17) is 10.1 Å². The number of pyridine rings is 1. The molecule has 0 radical (unpaired) electrons. The molecule has 1 saturated heterocycles. The van der Waals surface area contributed by atoms with Gasteiger partial charge in [-0.05, 0) is 55.6 Å². The van der Waals surface area contributed by atoms with Crippen LogP contribution in [0, 0.1) is 5.41 Å². The molecule has 106 valence electrons. The van der Waals surface area contributed by atoms with Crippen molar-refractivity contribution in [1.29, 1.82) is 0 Å². The van der Waals surface area contributed by atoms with E-state index in [0.717, 1.165) is 25.7 Å². The van der Waals surface area contributed by atoms with Crippen LogP contribution in [0.3, 0.4) is 0 Å². The Labute approximate surface area is 118 Å². The van der Waals surface area contributed by atoms with Crippen LogP contribution >= 0.6 is 0 Å². The fourth-order valence-corrected chi connectivity index (χ4v) is 3.82. The van der Waals surface area contributed by atoms with E-state index in [1.807, 2.05) is 0 Å². The monoisotopic (exact) mass is 272 g/mol. The molecular weight excluding hydrogens is 252 g/mol. The Balaban J connectivity index is 1.51. The molecule has 1 amide bonds. The molecule has 4 heteroatoms. The van der Waals surface area contributed by atoms with E-state index >= 15 is 0 Å². The highest BCUT2D eigenvalue weighted by molar-refractivity contribution is 5.65. The van der Waals surface area contributed by atoms with Gasteiger partial charge in [0, 0.05) is 30.4 Å². The number of rotatable bonds is 1. The van der Waals surface area contributed by atoms with Gasteiger partial charge in [0.25, 0.3) is 0 Å². The summed E-state index contributed by atoms with van der Waals surface area (Å²) in [6.45, 7) is 1.36. The van der Waals surface area contributed by atoms with Gasteiger partial charge in [0.1, 0.15) is 0 Å². The Morgan fingerprint density at radius 3 is 2.65 bits per heavy atom. The van der Waals surface area contributed by atoms with E-state index < -0.39 is 6.09 Å². The topological polar surface area (TPSA) is 53.4 Å². The third kappa shape index (κ3) is 1.98. The number of hydrogen-bond acceptors (Lipinski definition) is 2. The van der Waals surface area contributed by atoms with E-state index in [2.05, 4.69) is 12.1 Å². The Morgan fingerprint density at radius 2 is 2.00 bits per heavy atom. The van der Waals surface area contributed by atoms with Crippen LogP contribution in [0.25, 0.3) is 0 Å². The number of carbonyl (C=O) groups is 1. The molecule has 3 aliphatic rings. The smallest absolute Gasteiger partial charge is 0.407 e. The van der Waals surface area contributed by atoms with Gasteiger partial charge in [-0.3, -0.25) is 4.98 Å². The molecule has 1 aromatic heterocycles. The maximum absolute atomic E-state index is 11.0. The first-order chi connectivity index (χ1) is 9.65. The minimum Gasteiger partial charge on any atom is -0.465 e. The van der Waals surface area contributed by atoms with Crippen LogP contribution in [0.4, 0.5) is 4.79 Å². The Hall–Kier alpha value is -1.58. The summed E-state index contributed by atoms with van der Waals surface area (Å²) in [4.78, 5) is 17.5. The first-order valence-electron chi connectivity index (χ1n) is 7.62. The van der Waals surface area contributed by atoms with Crippen LogP contribution in [0.2, 0.25) is 0 Å². The second-order valence-electron chi connectivity index (χ2n) is 6.74. The predicted octanol–water partition coefficient (Wildman–Crippen LogP) is 2.82. The summed E-state index contributed by atoms with van der Waals surface area (Å²) in [5.41, 5.74) is 4.25. The third-order valence-corrected chi connectivity index (χ3v) is 5.29. The van der Waals surface area contributed by atoms with Crippen molar-refractivity contribution < 1.29 is 9.90 Å². The summed E-state index contributed by atoms with van der Waals surface area (Å²) in [6, 6.07) is 4.48. The SMILES string of the molecule is O=C(O)N1CCC2(CC1)Cc1ccc(C3CC3)nc1C2. The van der Waals surface area contributed by atoms with E-state index in [1.165, 1.54) is 29.8 Å². The second kappa shape index (κ2) is 4.21. The van der Waals surface area contributed by atoms with Crippen molar-refractivity contribution >= 4 is 6.09 Å². The minimum absolute atomic E-state index is 0.281. The summed E-state index contributed by atoms with van der Waals surface area (Å²) >= 11 is 0. The molecule has 4 rings (SSSR count). The van der Waals surface area contributed by atoms with Crippen LogP contribution in [0.15, 0.2) is 12.1 Å². The van der Waals surface area contributed by atoms with Gasteiger partial charge in [0.05, 0.1) is 0 Å². The highest BCUT2D eigenvalue weighted by atomic mass is 16.4. The number of nitrogens with zero attached hydrogens (tertiary/aromatic N) is 2. The number of likely N-dealkylation sites (tertiary alicyclic amines) is 1. The quantitative estimate of drug-likeness (QED) is 0.855. The number of piperidine rings is 1. The molecule has 0 atom stereocenters. The molecule has 2 fully saturated rings. The summed E-state index contributed by atoms with van der Waals surface area (Å²) < 4.78 is 0. The van der Waals surface area contributed by atoms with Crippen LogP contribution in [0.5, 0.6) is 0 Å². The van der Waals surface area contributed by atoms with Crippen molar-refractivity contribution in [3.05, 3.63) is 29.1 Å². The Morgan fingerprint density at radius 1 is 1.25 bits per heavy atom. The van der Waals surface area contributed by atoms with Crippen LogP contribution < -0.4 is 0 Å². The molecule has 20 heavy (non-hydrogen) atoms. The number of amides is 1. The third-order valence-electron chi connectivity index (χ3n) is 5.29. The number of carboxylic acid groups (broad SMARTS) is 1. The van der Waals surface area contributed by atoms with Gasteiger partial charge >= 0.3 is 6.09 Å². The molecule has 2 aliphatic carbocycles. The molecule has 1 N–H and O–H groups in total. The lowest BCUT2D eigenvalue weighted by Gasteiger charge is -2.37. The van der Waals surface area contributed by atoms with E-state index in [0.29, 0.717) is 19.0 Å². The van der Waals surface area contributed by atoms with E-state index in [1.54, 1.807) is 4.90 Å². The first-order valence-corrected chi connectivity index (χ1v) is 7.62. The lowest BCUT2D eigenvalue weighted by atomic mass is 9.76. The zero-order valence-electron chi connectivity index (χ0n) is 11.6. The molecule has 0 aromatic carbocycles. The fraction of sp³-hybridized carbons (Fsp3) is 0.625. The van der Waals surface area contributed by atoms with Crippen LogP contribution in [-0.2, 0) is 12.8 Å². The molecule has 1 spiro atoms. The van der Waals surface area contributed by atoms with E-state index in [-0.39, 0.29) is 5.41 Å². The molecule has 1 aliphatic heterocycles. The maximum Gasteiger partial charge on any atom is 0.407 e. The van der Waals surface area contributed by atoms with Crippen molar-refractivity contribution in [3.63, 3.8) is 0 Å². The lowest BCUT2D eigenvalue weighted by molar-refractivity contribution is 0.0936. The lowest BCUT2D eigenvalue weighted by Crippen LogP contribution is -2.43. The molecule has 1 aromatic rings. The molecule has 4 nitrogen and oxygen atoms in total. The standard InChI is InChI=1S/C16H20N2O2/c19-15(20)18-7-5-16(6-8-18)9-12-3-4-13(11-1-2-11)17-14(12)10-16/h3-4,11H,1-2,5-10H2,(H,19,20). The summed E-state index contributed by atoms with van der Waals surface area (Å²) in [6.07, 6.45) is 5.92. The zero-order valence-corrected chi connectivity index (χ0v) is 11.6. The summed E-state index contributed by atoms with van der Waals surface area (Å²) in [5, 5.41) is 9.06. The second-order valence-corrected chi connectivity index (χ2v) is 6.74. The van der Waals surface area contributed by atoms with Gasteiger partial charge in [-0.2, -0.15) is 0 Å². The number of aromatic nitrogens is 1. The van der Waals surface area contributed by atoms with Gasteiger partial charge in [-0.1, -0.05) is 6.07 Å². The Bertz CT molecular complexity index is 558. The largest absolute Gasteiger partial charge is 0.465 e. The summed E-state index contributed by atoms with van der Waals surface area (Å²) in [5.74, 6) is 0.714. The molecule has 1 saturated carbocycles. The average molecular weight is 272 g/mol. The van der Waals surface area contributed by atoms with Crippen LogP contribution in [0.1, 0.15) is 48.6 Å². The van der Waals surface area contributed by atoms with E-state index in [9.17, 15) is 4.79 Å². The first kappa shape index (κ1) is 12.2. The van der Waals surface area contributed by atoms with Gasteiger partial charge in [-0.15, -0.1) is 0 Å². The van der Waals surface area contributed by atoms with Gasteiger partial charge in [0.2, 0.25) is 0 Å². The molecule has 0 bridgehead atoms. The molecule has 2 heterocycles. The fourth-order valence-electron chi connectivity index (χ4n) is 3.82. The highest BCUT2D eigenvalue weighted by Gasteiger charge is 2.41. The van der Waals surface area contributed by atoms with Gasteiger partial charge in [-0.25, -0.2) is 4.79 Å². The van der Waals surface area contributed by atoms with Gasteiger partial charge < -0.3 is 10.0 Å². The summed E-state index contributed by atoms with van der Waals surface area (Å²) in [7, 11) is 0. The molecular formula is C16H20N2O2. The van der Waals surface area contributed by atoms with Gasteiger partial charge in [0.15, 0.2) is 0 Å². The van der Waals surface area contributed by atoms with Crippen molar-refractivity contribution in [2.75, 3.05) is 13.1 Å². The van der Waals surface area contributed by atoms with Crippen molar-refractivity contribution in [2.45, 2.75) is 44.4 Å². The number of hydrogen-bond donors (Lipinski definition) is 1. The zero-order chi connectivity index (χ0) is 13.7. The van der Waals surface area contributed by atoms with Crippen LogP contribution in [-0.4, -0.2) is 34.2 Å². The normalized spacial score (nSPS) is 23.9. The van der Waals surface area contributed by atoms with Crippen molar-refractivity contribution in [3.8, 4) is 0 Å². The number of fused-ring (bicyclic) bond motifs is 1. The molecule has 0 unspecified atom stereocenters.